The number of aryl methyl sites for hydroxylation is 1. The zero-order chi connectivity index (χ0) is 14.7. The maximum absolute atomic E-state index is 5.63. The van der Waals surface area contributed by atoms with Crippen LogP contribution in [-0.2, 0) is 12.8 Å². The number of hydrogen-bond acceptors (Lipinski definition) is 5. The Labute approximate surface area is 124 Å². The summed E-state index contributed by atoms with van der Waals surface area (Å²) >= 11 is 0. The van der Waals surface area contributed by atoms with Gasteiger partial charge in [0.1, 0.15) is 11.6 Å². The number of rotatable bonds is 4. The number of nitrogens with one attached hydrogen (secondary N) is 1. The summed E-state index contributed by atoms with van der Waals surface area (Å²) in [7, 11) is 0. The van der Waals surface area contributed by atoms with Crippen molar-refractivity contribution in [3.05, 3.63) is 35.5 Å². The van der Waals surface area contributed by atoms with Crippen molar-refractivity contribution in [2.75, 3.05) is 12.0 Å². The molecular formula is C16H20N4O. The van der Waals surface area contributed by atoms with Crippen molar-refractivity contribution < 1.29 is 4.74 Å². The number of hydrogen-bond donors (Lipinski definition) is 2. The maximum atomic E-state index is 5.63. The fraction of sp³-hybridized carbons (Fsp3) is 0.375. The van der Waals surface area contributed by atoms with Crippen LogP contribution in [0.4, 0.5) is 5.82 Å². The van der Waals surface area contributed by atoms with Gasteiger partial charge in [-0.15, -0.1) is 0 Å². The van der Waals surface area contributed by atoms with E-state index in [1.807, 2.05) is 31.2 Å². The molecule has 0 saturated heterocycles. The van der Waals surface area contributed by atoms with E-state index in [1.54, 1.807) is 0 Å². The van der Waals surface area contributed by atoms with Gasteiger partial charge < -0.3 is 10.2 Å². The van der Waals surface area contributed by atoms with E-state index in [0.717, 1.165) is 41.2 Å². The lowest BCUT2D eigenvalue weighted by molar-refractivity contribution is 0.340. The molecule has 110 valence electrons. The van der Waals surface area contributed by atoms with Gasteiger partial charge in [-0.2, -0.15) is 0 Å². The number of aromatic nitrogens is 2. The number of anilines is 1. The summed E-state index contributed by atoms with van der Waals surface area (Å²) in [4.78, 5) is 9.30. The Kier molecular flexibility index (Phi) is 4.01. The molecule has 1 aliphatic carbocycles. The number of benzene rings is 1. The Balaban J connectivity index is 2.04. The molecule has 0 radical (unpaired) electrons. The number of nitrogen functional groups attached to an aromatic ring is 1. The molecule has 0 amide bonds. The molecule has 1 heterocycles. The summed E-state index contributed by atoms with van der Waals surface area (Å²) in [6.07, 6.45) is 4.33. The first-order valence-electron chi connectivity index (χ1n) is 7.41. The zero-order valence-electron chi connectivity index (χ0n) is 12.2. The Morgan fingerprint density at radius 1 is 1.24 bits per heavy atom. The maximum Gasteiger partial charge on any atom is 0.161 e. The van der Waals surface area contributed by atoms with E-state index in [-0.39, 0.29) is 0 Å². The predicted molar refractivity (Wildman–Crippen MR) is 83.1 cm³/mol. The van der Waals surface area contributed by atoms with Crippen LogP contribution in [0.1, 0.15) is 31.0 Å². The summed E-state index contributed by atoms with van der Waals surface area (Å²) in [5.74, 6) is 7.91. The van der Waals surface area contributed by atoms with Crippen LogP contribution in [0.3, 0.4) is 0 Å². The molecule has 1 aromatic heterocycles. The summed E-state index contributed by atoms with van der Waals surface area (Å²) in [5.41, 5.74) is 5.95. The third-order valence-corrected chi connectivity index (χ3v) is 3.72. The monoisotopic (exact) mass is 284 g/mol. The van der Waals surface area contributed by atoms with Gasteiger partial charge in [0.25, 0.3) is 0 Å². The van der Waals surface area contributed by atoms with Crippen molar-refractivity contribution in [1.29, 1.82) is 0 Å². The number of ether oxygens (including phenoxy) is 1. The third kappa shape index (κ3) is 2.83. The SMILES string of the molecule is CCOc1cccc(-c2nc3c(c(NN)n2)CCCC3)c1. The van der Waals surface area contributed by atoms with Crippen LogP contribution < -0.4 is 16.0 Å². The minimum absolute atomic E-state index is 0.643. The van der Waals surface area contributed by atoms with Gasteiger partial charge in [-0.1, -0.05) is 12.1 Å². The van der Waals surface area contributed by atoms with Gasteiger partial charge >= 0.3 is 0 Å². The van der Waals surface area contributed by atoms with E-state index in [9.17, 15) is 0 Å². The normalized spacial score (nSPS) is 13.6. The number of hydrazine groups is 1. The molecule has 21 heavy (non-hydrogen) atoms. The first-order valence-corrected chi connectivity index (χ1v) is 7.41. The summed E-state index contributed by atoms with van der Waals surface area (Å²) in [6.45, 7) is 2.61. The van der Waals surface area contributed by atoms with Gasteiger partial charge in [-0.25, -0.2) is 15.8 Å². The van der Waals surface area contributed by atoms with Crippen LogP contribution in [-0.4, -0.2) is 16.6 Å². The van der Waals surface area contributed by atoms with Crippen molar-refractivity contribution in [3.8, 4) is 17.1 Å². The zero-order valence-corrected chi connectivity index (χ0v) is 12.2. The van der Waals surface area contributed by atoms with Crippen LogP contribution in [0, 0.1) is 0 Å². The minimum Gasteiger partial charge on any atom is -0.494 e. The number of nitrogens with two attached hydrogens (primary N) is 1. The average Bonchev–Trinajstić information content (AvgIpc) is 2.54. The van der Waals surface area contributed by atoms with Crippen LogP contribution in [0.5, 0.6) is 5.75 Å². The first-order chi connectivity index (χ1) is 10.3. The standard InChI is InChI=1S/C16H20N4O/c1-2-21-12-7-5-6-11(10-12)15-18-14-9-4-3-8-13(14)16(19-15)20-17/h5-7,10H,2-4,8-9,17H2,1H3,(H,18,19,20). The fourth-order valence-corrected chi connectivity index (χ4v) is 2.73. The highest BCUT2D eigenvalue weighted by Gasteiger charge is 2.18. The average molecular weight is 284 g/mol. The Bertz CT molecular complexity index is 625. The Hall–Kier alpha value is -2.14. The highest BCUT2D eigenvalue weighted by Crippen LogP contribution is 2.29. The van der Waals surface area contributed by atoms with E-state index >= 15 is 0 Å². The van der Waals surface area contributed by atoms with Gasteiger partial charge in [0.05, 0.1) is 6.61 Å². The number of nitrogens with zero attached hydrogens (tertiary/aromatic N) is 2. The summed E-state index contributed by atoms with van der Waals surface area (Å²) in [6, 6.07) is 7.86. The quantitative estimate of drug-likeness (QED) is 0.667. The summed E-state index contributed by atoms with van der Waals surface area (Å²) in [5, 5.41) is 0. The van der Waals surface area contributed by atoms with Crippen molar-refractivity contribution in [2.45, 2.75) is 32.6 Å². The number of fused-ring (bicyclic) bond motifs is 1. The first kappa shape index (κ1) is 13.8. The second kappa shape index (κ2) is 6.10. The van der Waals surface area contributed by atoms with E-state index in [4.69, 9.17) is 15.6 Å². The van der Waals surface area contributed by atoms with Gasteiger partial charge in [0.2, 0.25) is 0 Å². The molecule has 0 unspecified atom stereocenters. The second-order valence-corrected chi connectivity index (χ2v) is 5.13. The molecule has 0 bridgehead atoms. The van der Waals surface area contributed by atoms with E-state index < -0.39 is 0 Å². The molecule has 5 nitrogen and oxygen atoms in total. The Morgan fingerprint density at radius 2 is 2.10 bits per heavy atom. The van der Waals surface area contributed by atoms with Gasteiger partial charge in [-0.05, 0) is 44.7 Å². The van der Waals surface area contributed by atoms with Gasteiger partial charge in [0.15, 0.2) is 5.82 Å². The molecule has 1 aromatic carbocycles. The lowest BCUT2D eigenvalue weighted by Gasteiger charge is -2.18. The van der Waals surface area contributed by atoms with Crippen LogP contribution in [0.15, 0.2) is 24.3 Å². The van der Waals surface area contributed by atoms with Crippen molar-refractivity contribution in [1.82, 2.24) is 9.97 Å². The third-order valence-electron chi connectivity index (χ3n) is 3.72. The predicted octanol–water partition coefficient (Wildman–Crippen LogP) is 2.71. The highest BCUT2D eigenvalue weighted by molar-refractivity contribution is 5.61. The molecule has 3 N–H and O–H groups in total. The van der Waals surface area contributed by atoms with Crippen LogP contribution in [0.2, 0.25) is 0 Å². The molecule has 0 atom stereocenters. The largest absolute Gasteiger partial charge is 0.494 e. The molecule has 3 rings (SSSR count). The lowest BCUT2D eigenvalue weighted by atomic mass is 9.96. The van der Waals surface area contributed by atoms with Crippen LogP contribution in [0.25, 0.3) is 11.4 Å². The molecule has 0 spiro atoms. The minimum atomic E-state index is 0.643. The second-order valence-electron chi connectivity index (χ2n) is 5.13. The molecule has 0 fully saturated rings. The topological polar surface area (TPSA) is 73.1 Å². The van der Waals surface area contributed by atoms with Crippen molar-refractivity contribution in [2.24, 2.45) is 5.84 Å². The molecule has 0 aliphatic heterocycles. The Morgan fingerprint density at radius 3 is 2.90 bits per heavy atom. The molecule has 1 aliphatic rings. The van der Waals surface area contributed by atoms with Crippen LogP contribution >= 0.6 is 0 Å². The fourth-order valence-electron chi connectivity index (χ4n) is 2.73. The highest BCUT2D eigenvalue weighted by atomic mass is 16.5. The van der Waals surface area contributed by atoms with Gasteiger partial charge in [-0.3, -0.25) is 0 Å². The smallest absolute Gasteiger partial charge is 0.161 e. The molecule has 5 heteroatoms. The summed E-state index contributed by atoms with van der Waals surface area (Å²) < 4.78 is 5.54. The lowest BCUT2D eigenvalue weighted by Crippen LogP contribution is -2.17. The van der Waals surface area contributed by atoms with Gasteiger partial charge in [0, 0.05) is 16.8 Å². The van der Waals surface area contributed by atoms with E-state index in [0.29, 0.717) is 12.4 Å². The van der Waals surface area contributed by atoms with Crippen molar-refractivity contribution in [3.63, 3.8) is 0 Å². The van der Waals surface area contributed by atoms with E-state index in [1.165, 1.54) is 12.8 Å². The molecule has 0 saturated carbocycles. The van der Waals surface area contributed by atoms with Crippen molar-refractivity contribution >= 4 is 5.82 Å². The van der Waals surface area contributed by atoms with E-state index in [2.05, 4.69) is 10.4 Å². The molecule has 2 aromatic rings. The molecular weight excluding hydrogens is 264 g/mol.